The molecule has 1 heterocycles. The van der Waals surface area contributed by atoms with Gasteiger partial charge in [-0.15, -0.1) is 0 Å². The normalized spacial score (nSPS) is 18.2. The van der Waals surface area contributed by atoms with Gasteiger partial charge in [0.1, 0.15) is 11.9 Å². The van der Waals surface area contributed by atoms with Crippen LogP contribution in [0, 0.1) is 6.92 Å². The molecule has 20 heavy (non-hydrogen) atoms. The van der Waals surface area contributed by atoms with Crippen molar-refractivity contribution in [3.8, 4) is 5.75 Å². The summed E-state index contributed by atoms with van der Waals surface area (Å²) in [6, 6.07) is 16.1. The molecule has 1 atom stereocenters. The van der Waals surface area contributed by atoms with E-state index in [1.54, 1.807) is 0 Å². The van der Waals surface area contributed by atoms with E-state index in [-0.39, 0.29) is 6.10 Å². The molecular weight excluding hydrogens is 248 g/mol. The van der Waals surface area contributed by atoms with Gasteiger partial charge in [-0.05, 0) is 42.8 Å². The summed E-state index contributed by atoms with van der Waals surface area (Å²) >= 11 is 0. The Balaban J connectivity index is 1.65. The maximum Gasteiger partial charge on any atom is 0.119 e. The zero-order valence-electron chi connectivity index (χ0n) is 11.8. The van der Waals surface area contributed by atoms with Crippen LogP contribution in [0.15, 0.2) is 48.5 Å². The van der Waals surface area contributed by atoms with Gasteiger partial charge in [-0.1, -0.05) is 18.2 Å². The van der Waals surface area contributed by atoms with Gasteiger partial charge >= 0.3 is 0 Å². The third-order valence-electron chi connectivity index (χ3n) is 3.78. The fourth-order valence-corrected chi connectivity index (χ4v) is 2.70. The standard InChI is InChI=1S/C17H20N2O/c1-13-4-2-3-5-17(13)19-11-10-16(12-19)20-15-8-6-14(18)7-9-15/h2-9,16H,10-12,18H2,1H3. The second kappa shape index (κ2) is 5.45. The summed E-state index contributed by atoms with van der Waals surface area (Å²) in [6.45, 7) is 4.14. The first-order chi connectivity index (χ1) is 9.72. The van der Waals surface area contributed by atoms with E-state index in [2.05, 4.69) is 36.1 Å². The summed E-state index contributed by atoms with van der Waals surface area (Å²) in [5.74, 6) is 0.899. The number of benzene rings is 2. The molecule has 3 rings (SSSR count). The summed E-state index contributed by atoms with van der Waals surface area (Å²) < 4.78 is 6.02. The molecule has 1 aliphatic rings. The topological polar surface area (TPSA) is 38.5 Å². The van der Waals surface area contributed by atoms with Crippen LogP contribution in [0.4, 0.5) is 11.4 Å². The van der Waals surface area contributed by atoms with E-state index in [1.807, 2.05) is 24.3 Å². The fraction of sp³-hybridized carbons (Fsp3) is 0.294. The predicted molar refractivity (Wildman–Crippen MR) is 83.3 cm³/mol. The molecule has 2 aromatic rings. The van der Waals surface area contributed by atoms with Crippen LogP contribution in [-0.4, -0.2) is 19.2 Å². The Morgan fingerprint density at radius 2 is 1.85 bits per heavy atom. The third kappa shape index (κ3) is 2.72. The number of ether oxygens (including phenoxy) is 1. The maximum absolute atomic E-state index is 6.02. The SMILES string of the molecule is Cc1ccccc1N1CCC(Oc2ccc(N)cc2)C1. The quantitative estimate of drug-likeness (QED) is 0.869. The highest BCUT2D eigenvalue weighted by atomic mass is 16.5. The molecule has 1 fully saturated rings. The van der Waals surface area contributed by atoms with Crippen LogP contribution < -0.4 is 15.4 Å². The van der Waals surface area contributed by atoms with Gasteiger partial charge in [0.25, 0.3) is 0 Å². The molecule has 0 amide bonds. The van der Waals surface area contributed by atoms with Crippen molar-refractivity contribution < 1.29 is 4.74 Å². The first-order valence-corrected chi connectivity index (χ1v) is 7.05. The molecule has 2 N–H and O–H groups in total. The molecule has 3 nitrogen and oxygen atoms in total. The van der Waals surface area contributed by atoms with Gasteiger partial charge in [0.15, 0.2) is 0 Å². The van der Waals surface area contributed by atoms with Gasteiger partial charge in [-0.2, -0.15) is 0 Å². The molecule has 0 radical (unpaired) electrons. The van der Waals surface area contributed by atoms with Crippen LogP contribution in [0.3, 0.4) is 0 Å². The molecular formula is C17H20N2O. The minimum Gasteiger partial charge on any atom is -0.489 e. The van der Waals surface area contributed by atoms with Crippen LogP contribution in [-0.2, 0) is 0 Å². The van der Waals surface area contributed by atoms with Gasteiger partial charge in [-0.3, -0.25) is 0 Å². The van der Waals surface area contributed by atoms with Crippen molar-refractivity contribution in [2.24, 2.45) is 0 Å². The summed E-state index contributed by atoms with van der Waals surface area (Å²) in [5.41, 5.74) is 9.09. The summed E-state index contributed by atoms with van der Waals surface area (Å²) in [5, 5.41) is 0. The third-order valence-corrected chi connectivity index (χ3v) is 3.78. The lowest BCUT2D eigenvalue weighted by Gasteiger charge is -2.21. The van der Waals surface area contributed by atoms with Crippen molar-refractivity contribution >= 4 is 11.4 Å². The largest absolute Gasteiger partial charge is 0.489 e. The lowest BCUT2D eigenvalue weighted by atomic mass is 10.2. The van der Waals surface area contributed by atoms with Crippen molar-refractivity contribution in [3.63, 3.8) is 0 Å². The molecule has 1 unspecified atom stereocenters. The molecule has 0 bridgehead atoms. The average Bonchev–Trinajstić information content (AvgIpc) is 2.90. The highest BCUT2D eigenvalue weighted by molar-refractivity contribution is 5.53. The van der Waals surface area contributed by atoms with E-state index in [9.17, 15) is 0 Å². The molecule has 1 saturated heterocycles. The Morgan fingerprint density at radius 3 is 2.60 bits per heavy atom. The molecule has 0 spiro atoms. The minimum atomic E-state index is 0.248. The number of nitrogens with two attached hydrogens (primary N) is 1. The summed E-state index contributed by atoms with van der Waals surface area (Å²) in [7, 11) is 0. The van der Waals surface area contributed by atoms with E-state index >= 15 is 0 Å². The van der Waals surface area contributed by atoms with Gasteiger partial charge in [0, 0.05) is 24.3 Å². The lowest BCUT2D eigenvalue weighted by Crippen LogP contribution is -2.25. The number of hydrogen-bond acceptors (Lipinski definition) is 3. The Bertz CT molecular complexity index is 580. The minimum absolute atomic E-state index is 0.248. The molecule has 0 aliphatic carbocycles. The van der Waals surface area contributed by atoms with Crippen LogP contribution in [0.25, 0.3) is 0 Å². The van der Waals surface area contributed by atoms with Gasteiger partial charge in [-0.25, -0.2) is 0 Å². The molecule has 0 saturated carbocycles. The highest BCUT2D eigenvalue weighted by Crippen LogP contribution is 2.26. The smallest absolute Gasteiger partial charge is 0.119 e. The van der Waals surface area contributed by atoms with Gasteiger partial charge in [0.05, 0.1) is 6.54 Å². The molecule has 104 valence electrons. The Morgan fingerprint density at radius 1 is 1.10 bits per heavy atom. The van der Waals surface area contributed by atoms with Crippen molar-refractivity contribution in [1.29, 1.82) is 0 Å². The molecule has 3 heteroatoms. The van der Waals surface area contributed by atoms with Crippen LogP contribution in [0.5, 0.6) is 5.75 Å². The second-order valence-corrected chi connectivity index (χ2v) is 5.33. The number of aryl methyl sites for hydroxylation is 1. The first kappa shape index (κ1) is 12.9. The van der Waals surface area contributed by atoms with Crippen molar-refractivity contribution in [2.45, 2.75) is 19.4 Å². The second-order valence-electron chi connectivity index (χ2n) is 5.33. The van der Waals surface area contributed by atoms with E-state index < -0.39 is 0 Å². The lowest BCUT2D eigenvalue weighted by molar-refractivity contribution is 0.225. The van der Waals surface area contributed by atoms with Crippen LogP contribution in [0.2, 0.25) is 0 Å². The van der Waals surface area contributed by atoms with Crippen molar-refractivity contribution in [1.82, 2.24) is 0 Å². The number of nitrogen functional groups attached to an aromatic ring is 1. The number of anilines is 2. The Kier molecular flexibility index (Phi) is 3.50. The summed E-state index contributed by atoms with van der Waals surface area (Å²) in [6.07, 6.45) is 1.30. The zero-order valence-corrected chi connectivity index (χ0v) is 11.8. The van der Waals surface area contributed by atoms with E-state index in [0.29, 0.717) is 0 Å². The Labute approximate surface area is 120 Å². The van der Waals surface area contributed by atoms with E-state index in [0.717, 1.165) is 30.9 Å². The first-order valence-electron chi connectivity index (χ1n) is 7.05. The molecule has 0 aromatic heterocycles. The number of hydrogen-bond donors (Lipinski definition) is 1. The Hall–Kier alpha value is -2.16. The monoisotopic (exact) mass is 268 g/mol. The van der Waals surface area contributed by atoms with Crippen molar-refractivity contribution in [3.05, 3.63) is 54.1 Å². The van der Waals surface area contributed by atoms with E-state index in [1.165, 1.54) is 11.3 Å². The van der Waals surface area contributed by atoms with Crippen LogP contribution in [0.1, 0.15) is 12.0 Å². The van der Waals surface area contributed by atoms with E-state index in [4.69, 9.17) is 10.5 Å². The maximum atomic E-state index is 6.02. The fourth-order valence-electron chi connectivity index (χ4n) is 2.70. The average molecular weight is 268 g/mol. The highest BCUT2D eigenvalue weighted by Gasteiger charge is 2.24. The number of rotatable bonds is 3. The van der Waals surface area contributed by atoms with Crippen LogP contribution >= 0.6 is 0 Å². The summed E-state index contributed by atoms with van der Waals surface area (Å²) in [4.78, 5) is 2.40. The number of para-hydroxylation sites is 1. The zero-order chi connectivity index (χ0) is 13.9. The van der Waals surface area contributed by atoms with Gasteiger partial charge < -0.3 is 15.4 Å². The number of nitrogens with zero attached hydrogens (tertiary/aromatic N) is 1. The van der Waals surface area contributed by atoms with Gasteiger partial charge in [0.2, 0.25) is 0 Å². The molecule has 2 aromatic carbocycles. The molecule has 1 aliphatic heterocycles. The van der Waals surface area contributed by atoms with Crippen molar-refractivity contribution in [2.75, 3.05) is 23.7 Å². The predicted octanol–water partition coefficient (Wildman–Crippen LogP) is 3.23.